The van der Waals surface area contributed by atoms with E-state index in [2.05, 4.69) is 4.74 Å². The van der Waals surface area contributed by atoms with Crippen LogP contribution >= 0.6 is 0 Å². The molecular formula is C9H10F7O2. The molecule has 0 aromatic carbocycles. The highest BCUT2D eigenvalue weighted by Crippen LogP contribution is 2.48. The minimum Gasteiger partial charge on any atom is -0.465 e. The van der Waals surface area contributed by atoms with Crippen LogP contribution in [0.25, 0.3) is 0 Å². The van der Waals surface area contributed by atoms with Crippen LogP contribution in [-0.2, 0) is 9.53 Å². The van der Waals surface area contributed by atoms with Gasteiger partial charge in [-0.25, -0.2) is 4.39 Å². The molecule has 0 rings (SSSR count). The van der Waals surface area contributed by atoms with E-state index < -0.39 is 43.4 Å². The molecule has 0 aromatic heterocycles. The average Bonchev–Trinajstić information content (AvgIpc) is 2.20. The summed E-state index contributed by atoms with van der Waals surface area (Å²) >= 11 is 0. The number of esters is 1. The lowest BCUT2D eigenvalue weighted by atomic mass is 9.98. The van der Waals surface area contributed by atoms with Crippen LogP contribution in [0.2, 0.25) is 0 Å². The maximum atomic E-state index is 13.0. The van der Waals surface area contributed by atoms with Gasteiger partial charge in [0.1, 0.15) is 0 Å². The Bertz CT molecular complexity index is 268. The number of carbonyl (C=O) groups excluding carboxylic acids is 1. The van der Waals surface area contributed by atoms with Crippen LogP contribution in [0, 0.1) is 6.42 Å². The minimum absolute atomic E-state index is 0.721. The smallest absolute Gasteiger partial charge is 0.431 e. The first-order valence-corrected chi connectivity index (χ1v) is 4.74. The zero-order valence-electron chi connectivity index (χ0n) is 9.16. The van der Waals surface area contributed by atoms with Gasteiger partial charge in [-0.3, -0.25) is 4.79 Å². The standard InChI is InChI=1S/C9H10F7O2/c1-2-6(17)18-5-3-4-7(10,8(11,12)13)9(14,15)16/h2H,3-5H2,1H3. The largest absolute Gasteiger partial charge is 0.465 e. The van der Waals surface area contributed by atoms with Gasteiger partial charge in [-0.2, -0.15) is 26.3 Å². The van der Waals surface area contributed by atoms with Gasteiger partial charge in [-0.1, -0.05) is 6.92 Å². The molecule has 0 fully saturated rings. The van der Waals surface area contributed by atoms with E-state index in [1.165, 1.54) is 6.92 Å². The van der Waals surface area contributed by atoms with E-state index in [0.29, 0.717) is 0 Å². The van der Waals surface area contributed by atoms with E-state index in [4.69, 9.17) is 0 Å². The second-order valence-electron chi connectivity index (χ2n) is 3.36. The van der Waals surface area contributed by atoms with E-state index in [1.54, 1.807) is 0 Å². The zero-order chi connectivity index (χ0) is 14.6. The lowest BCUT2D eigenvalue weighted by molar-refractivity contribution is -0.343. The van der Waals surface area contributed by atoms with Crippen LogP contribution in [0.1, 0.15) is 19.8 Å². The molecule has 0 atom stereocenters. The quantitative estimate of drug-likeness (QED) is 0.439. The summed E-state index contributed by atoms with van der Waals surface area (Å²) < 4.78 is 89.5. The Morgan fingerprint density at radius 2 is 1.50 bits per heavy atom. The second-order valence-corrected chi connectivity index (χ2v) is 3.36. The molecular weight excluding hydrogens is 273 g/mol. The summed E-state index contributed by atoms with van der Waals surface area (Å²) in [4.78, 5) is 10.5. The Morgan fingerprint density at radius 3 is 1.83 bits per heavy atom. The van der Waals surface area contributed by atoms with E-state index in [1.807, 2.05) is 0 Å². The Morgan fingerprint density at radius 1 is 1.06 bits per heavy atom. The van der Waals surface area contributed by atoms with Gasteiger partial charge in [-0.05, 0) is 6.42 Å². The molecule has 9 heteroatoms. The molecule has 1 radical (unpaired) electrons. The van der Waals surface area contributed by atoms with Gasteiger partial charge < -0.3 is 4.74 Å². The maximum absolute atomic E-state index is 13.0. The Labute approximate surface area is 98.1 Å². The lowest BCUT2D eigenvalue weighted by Crippen LogP contribution is -2.53. The van der Waals surface area contributed by atoms with Crippen molar-refractivity contribution in [3.63, 3.8) is 0 Å². The van der Waals surface area contributed by atoms with Crippen molar-refractivity contribution in [3.8, 4) is 0 Å². The van der Waals surface area contributed by atoms with Crippen LogP contribution in [-0.4, -0.2) is 30.6 Å². The Hall–Kier alpha value is -1.02. The van der Waals surface area contributed by atoms with Gasteiger partial charge in [0, 0.05) is 6.42 Å². The van der Waals surface area contributed by atoms with Gasteiger partial charge >= 0.3 is 18.3 Å². The topological polar surface area (TPSA) is 26.3 Å². The molecule has 0 heterocycles. The monoisotopic (exact) mass is 283 g/mol. The zero-order valence-corrected chi connectivity index (χ0v) is 9.16. The van der Waals surface area contributed by atoms with E-state index in [0.717, 1.165) is 6.42 Å². The number of carbonyl (C=O) groups is 1. The summed E-state index contributed by atoms with van der Waals surface area (Å²) in [6.07, 6.45) is -13.9. The Kier molecular flexibility index (Phi) is 5.42. The fourth-order valence-corrected chi connectivity index (χ4v) is 1.02. The molecule has 18 heavy (non-hydrogen) atoms. The van der Waals surface area contributed by atoms with Gasteiger partial charge in [0.05, 0.1) is 13.0 Å². The lowest BCUT2D eigenvalue weighted by Gasteiger charge is -2.29. The minimum atomic E-state index is -6.06. The Balaban J connectivity index is 4.52. The molecule has 0 saturated heterocycles. The summed E-state index contributed by atoms with van der Waals surface area (Å²) in [6, 6.07) is 0. The van der Waals surface area contributed by atoms with Crippen molar-refractivity contribution in [2.75, 3.05) is 6.61 Å². The fraction of sp³-hybridized carbons (Fsp3) is 0.778. The van der Waals surface area contributed by atoms with Crippen LogP contribution in [0.15, 0.2) is 0 Å². The highest BCUT2D eigenvalue weighted by Gasteiger charge is 2.71. The molecule has 0 N–H and O–H groups in total. The fourth-order valence-electron chi connectivity index (χ4n) is 1.02. The van der Waals surface area contributed by atoms with E-state index in [9.17, 15) is 35.5 Å². The third kappa shape index (κ3) is 4.02. The molecule has 0 aromatic rings. The van der Waals surface area contributed by atoms with E-state index in [-0.39, 0.29) is 0 Å². The molecule has 2 nitrogen and oxygen atoms in total. The van der Waals surface area contributed by atoms with Gasteiger partial charge in [0.2, 0.25) is 0 Å². The predicted molar refractivity (Wildman–Crippen MR) is 46.1 cm³/mol. The van der Waals surface area contributed by atoms with Gasteiger partial charge in [0.15, 0.2) is 0 Å². The number of halogens is 7. The number of hydrogen-bond acceptors (Lipinski definition) is 2. The third-order valence-corrected chi connectivity index (χ3v) is 2.04. The number of ether oxygens (including phenoxy) is 1. The molecule has 0 aliphatic heterocycles. The molecule has 107 valence electrons. The molecule has 0 unspecified atom stereocenters. The van der Waals surface area contributed by atoms with Crippen LogP contribution in [0.3, 0.4) is 0 Å². The highest BCUT2D eigenvalue weighted by molar-refractivity contribution is 5.78. The summed E-state index contributed by atoms with van der Waals surface area (Å²) in [6.45, 7) is 0.550. The summed E-state index contributed by atoms with van der Waals surface area (Å²) in [5.41, 5.74) is -5.29. The second kappa shape index (κ2) is 5.75. The number of hydrogen-bond donors (Lipinski definition) is 0. The third-order valence-electron chi connectivity index (χ3n) is 2.04. The first kappa shape index (κ1) is 17.0. The first-order chi connectivity index (χ1) is 7.95. The highest BCUT2D eigenvalue weighted by atomic mass is 19.4. The predicted octanol–water partition coefficient (Wildman–Crippen LogP) is 3.37. The van der Waals surface area contributed by atoms with Gasteiger partial charge in [-0.15, -0.1) is 0 Å². The SMILES string of the molecule is C[CH]C(=O)OCCCC(F)(C(F)(F)F)C(F)(F)F. The summed E-state index contributed by atoms with van der Waals surface area (Å²) in [5, 5.41) is 0. The maximum Gasteiger partial charge on any atom is 0.431 e. The summed E-state index contributed by atoms with van der Waals surface area (Å²) in [7, 11) is 0. The van der Waals surface area contributed by atoms with Gasteiger partial charge in [0.25, 0.3) is 5.67 Å². The van der Waals surface area contributed by atoms with Crippen molar-refractivity contribution in [3.05, 3.63) is 6.42 Å². The van der Waals surface area contributed by atoms with Crippen LogP contribution in [0.4, 0.5) is 30.7 Å². The summed E-state index contributed by atoms with van der Waals surface area (Å²) in [5.74, 6) is -0.904. The van der Waals surface area contributed by atoms with Crippen LogP contribution < -0.4 is 0 Å². The normalized spacial score (nSPS) is 13.6. The molecule has 0 saturated carbocycles. The van der Waals surface area contributed by atoms with Crippen molar-refractivity contribution in [1.82, 2.24) is 0 Å². The average molecular weight is 283 g/mol. The number of alkyl halides is 7. The number of rotatable bonds is 5. The van der Waals surface area contributed by atoms with Crippen molar-refractivity contribution < 1.29 is 40.3 Å². The molecule has 0 spiro atoms. The van der Waals surface area contributed by atoms with Crippen molar-refractivity contribution in [2.24, 2.45) is 0 Å². The van der Waals surface area contributed by atoms with E-state index >= 15 is 0 Å². The van der Waals surface area contributed by atoms with Crippen LogP contribution in [0.5, 0.6) is 0 Å². The molecule has 0 aliphatic carbocycles. The first-order valence-electron chi connectivity index (χ1n) is 4.74. The molecule has 0 amide bonds. The molecule has 0 aliphatic rings. The van der Waals surface area contributed by atoms with Crippen molar-refractivity contribution in [1.29, 1.82) is 0 Å². The molecule has 0 bridgehead atoms. The van der Waals surface area contributed by atoms with Crippen molar-refractivity contribution in [2.45, 2.75) is 37.8 Å². The van der Waals surface area contributed by atoms with Crippen molar-refractivity contribution >= 4 is 5.97 Å².